The van der Waals surface area contributed by atoms with Gasteiger partial charge in [0, 0.05) is 0 Å². The molecule has 2 rings (SSSR count). The molecule has 6 heteroatoms. The number of nitrogens with one attached hydrogen (secondary N) is 1. The van der Waals surface area contributed by atoms with Crippen LogP contribution in [0.25, 0.3) is 0 Å². The summed E-state index contributed by atoms with van der Waals surface area (Å²) in [5.74, 6) is 0. The summed E-state index contributed by atoms with van der Waals surface area (Å²) in [5.41, 5.74) is -0.450. The molecule has 0 heterocycles. The molecule has 0 saturated heterocycles. The van der Waals surface area contributed by atoms with Gasteiger partial charge in [0.05, 0.1) is 28.7 Å². The number of hydrogen-bond donors (Lipinski definition) is 2. The highest BCUT2D eigenvalue weighted by molar-refractivity contribution is 7.89. The standard InChI is InChI=1S/C13H16N2O3S/c14-9-11-4-3-5-12(8-11)19(17,18)15-13(10-16)6-1-2-7-13/h3-5,8,15-16H,1-2,6-7,10H2. The van der Waals surface area contributed by atoms with Crippen LogP contribution in [-0.4, -0.2) is 25.7 Å². The molecule has 0 unspecified atom stereocenters. The van der Waals surface area contributed by atoms with Crippen molar-refractivity contribution >= 4 is 10.0 Å². The highest BCUT2D eigenvalue weighted by Gasteiger charge is 2.37. The summed E-state index contributed by atoms with van der Waals surface area (Å²) in [4.78, 5) is 0.0614. The fourth-order valence-electron chi connectivity index (χ4n) is 2.42. The van der Waals surface area contributed by atoms with E-state index in [0.717, 1.165) is 12.8 Å². The fourth-order valence-corrected chi connectivity index (χ4v) is 3.92. The molecule has 5 nitrogen and oxygen atoms in total. The third kappa shape index (κ3) is 2.95. The smallest absolute Gasteiger partial charge is 0.241 e. The first-order valence-corrected chi connectivity index (χ1v) is 7.65. The van der Waals surface area contributed by atoms with Crippen molar-refractivity contribution < 1.29 is 13.5 Å². The first-order valence-electron chi connectivity index (χ1n) is 6.16. The Bertz CT molecular complexity index is 599. The number of rotatable bonds is 4. The van der Waals surface area contributed by atoms with Crippen molar-refractivity contribution in [1.82, 2.24) is 4.72 Å². The summed E-state index contributed by atoms with van der Waals surface area (Å²) in [6.45, 7) is -0.204. The zero-order chi connectivity index (χ0) is 13.9. The van der Waals surface area contributed by atoms with E-state index in [4.69, 9.17) is 5.26 Å². The molecule has 0 bridgehead atoms. The van der Waals surface area contributed by atoms with Crippen LogP contribution in [0.1, 0.15) is 31.2 Å². The molecule has 1 aliphatic rings. The zero-order valence-electron chi connectivity index (χ0n) is 10.5. The van der Waals surface area contributed by atoms with E-state index in [9.17, 15) is 13.5 Å². The molecule has 2 N–H and O–H groups in total. The van der Waals surface area contributed by atoms with E-state index in [-0.39, 0.29) is 11.5 Å². The first-order chi connectivity index (χ1) is 9.01. The van der Waals surface area contributed by atoms with Crippen molar-refractivity contribution in [3.05, 3.63) is 29.8 Å². The van der Waals surface area contributed by atoms with E-state index in [1.54, 1.807) is 6.07 Å². The molecule has 1 aromatic carbocycles. The molecule has 0 radical (unpaired) electrons. The molecule has 19 heavy (non-hydrogen) atoms. The van der Waals surface area contributed by atoms with Crippen molar-refractivity contribution in [2.24, 2.45) is 0 Å². The van der Waals surface area contributed by atoms with Crippen molar-refractivity contribution in [2.45, 2.75) is 36.1 Å². The highest BCUT2D eigenvalue weighted by Crippen LogP contribution is 2.30. The summed E-state index contributed by atoms with van der Waals surface area (Å²) in [5, 5.41) is 18.3. The van der Waals surface area contributed by atoms with E-state index in [1.165, 1.54) is 18.2 Å². The number of nitriles is 1. The van der Waals surface area contributed by atoms with Gasteiger partial charge in [-0.3, -0.25) is 0 Å². The lowest BCUT2D eigenvalue weighted by atomic mass is 10.0. The Kier molecular flexibility index (Phi) is 3.90. The van der Waals surface area contributed by atoms with Gasteiger partial charge in [-0.15, -0.1) is 0 Å². The molecule has 1 aromatic rings. The Labute approximate surface area is 112 Å². The number of benzene rings is 1. The molecular weight excluding hydrogens is 264 g/mol. The minimum atomic E-state index is -3.71. The van der Waals surface area contributed by atoms with Crippen molar-refractivity contribution in [2.75, 3.05) is 6.61 Å². The fraction of sp³-hybridized carbons (Fsp3) is 0.462. The van der Waals surface area contributed by atoms with Crippen LogP contribution < -0.4 is 4.72 Å². The Morgan fingerprint density at radius 2 is 2.05 bits per heavy atom. The van der Waals surface area contributed by atoms with Crippen molar-refractivity contribution in [3.63, 3.8) is 0 Å². The normalized spacial score (nSPS) is 18.1. The number of aliphatic hydroxyl groups is 1. The lowest BCUT2D eigenvalue weighted by molar-refractivity contribution is 0.185. The molecule has 0 amide bonds. The average molecular weight is 280 g/mol. The maximum atomic E-state index is 12.3. The quantitative estimate of drug-likeness (QED) is 0.865. The summed E-state index contributed by atoms with van der Waals surface area (Å²) >= 11 is 0. The van der Waals surface area contributed by atoms with E-state index in [1.807, 2.05) is 6.07 Å². The van der Waals surface area contributed by atoms with Gasteiger partial charge in [0.2, 0.25) is 10.0 Å². The second-order valence-electron chi connectivity index (χ2n) is 4.89. The Hall–Kier alpha value is -1.42. The highest BCUT2D eigenvalue weighted by atomic mass is 32.2. The largest absolute Gasteiger partial charge is 0.394 e. The molecule has 0 aromatic heterocycles. The second-order valence-corrected chi connectivity index (χ2v) is 6.57. The van der Waals surface area contributed by atoms with Crippen LogP contribution in [0, 0.1) is 11.3 Å². The van der Waals surface area contributed by atoms with Gasteiger partial charge >= 0.3 is 0 Å². The lowest BCUT2D eigenvalue weighted by Gasteiger charge is -2.27. The average Bonchev–Trinajstić information content (AvgIpc) is 2.87. The molecule has 102 valence electrons. The van der Waals surface area contributed by atoms with E-state index < -0.39 is 15.6 Å². The molecule has 1 saturated carbocycles. The van der Waals surface area contributed by atoms with Crippen LogP contribution in [0.3, 0.4) is 0 Å². The summed E-state index contributed by atoms with van der Waals surface area (Å²) in [6.07, 6.45) is 3.09. The molecule has 0 atom stereocenters. The van der Waals surface area contributed by atoms with Crippen LogP contribution in [0.5, 0.6) is 0 Å². The topological polar surface area (TPSA) is 90.2 Å². The monoisotopic (exact) mass is 280 g/mol. The number of nitrogens with zero attached hydrogens (tertiary/aromatic N) is 1. The maximum Gasteiger partial charge on any atom is 0.241 e. The van der Waals surface area contributed by atoms with Gasteiger partial charge in [0.25, 0.3) is 0 Å². The van der Waals surface area contributed by atoms with Gasteiger partial charge in [0.1, 0.15) is 0 Å². The van der Waals surface area contributed by atoms with E-state index in [2.05, 4.69) is 4.72 Å². The van der Waals surface area contributed by atoms with Crippen molar-refractivity contribution in [1.29, 1.82) is 5.26 Å². The van der Waals surface area contributed by atoms with Crippen LogP contribution in [0.4, 0.5) is 0 Å². The molecule has 0 spiro atoms. The number of aliphatic hydroxyl groups excluding tert-OH is 1. The van der Waals surface area contributed by atoms with Gasteiger partial charge in [-0.2, -0.15) is 5.26 Å². The van der Waals surface area contributed by atoms with Gasteiger partial charge in [-0.25, -0.2) is 13.1 Å². The molecule has 1 fully saturated rings. The van der Waals surface area contributed by atoms with E-state index in [0.29, 0.717) is 18.4 Å². The summed E-state index contributed by atoms with van der Waals surface area (Å²) in [6, 6.07) is 7.79. The van der Waals surface area contributed by atoms with Crippen LogP contribution in [-0.2, 0) is 10.0 Å². The van der Waals surface area contributed by atoms with Crippen LogP contribution >= 0.6 is 0 Å². The maximum absolute atomic E-state index is 12.3. The minimum absolute atomic E-state index is 0.0614. The minimum Gasteiger partial charge on any atom is -0.394 e. The Morgan fingerprint density at radius 3 is 2.63 bits per heavy atom. The lowest BCUT2D eigenvalue weighted by Crippen LogP contribution is -2.49. The SMILES string of the molecule is N#Cc1cccc(S(=O)(=O)NC2(CO)CCCC2)c1. The Morgan fingerprint density at radius 1 is 1.37 bits per heavy atom. The number of hydrogen-bond acceptors (Lipinski definition) is 4. The van der Waals surface area contributed by atoms with Crippen molar-refractivity contribution in [3.8, 4) is 6.07 Å². The van der Waals surface area contributed by atoms with Crippen LogP contribution in [0.2, 0.25) is 0 Å². The third-order valence-electron chi connectivity index (χ3n) is 3.49. The summed E-state index contributed by atoms with van der Waals surface area (Å²) in [7, 11) is -3.71. The van der Waals surface area contributed by atoms with Gasteiger partial charge in [-0.1, -0.05) is 18.9 Å². The van der Waals surface area contributed by atoms with E-state index >= 15 is 0 Å². The Balaban J connectivity index is 2.30. The van der Waals surface area contributed by atoms with Gasteiger partial charge < -0.3 is 5.11 Å². The second kappa shape index (κ2) is 5.29. The van der Waals surface area contributed by atoms with Crippen LogP contribution in [0.15, 0.2) is 29.2 Å². The predicted molar refractivity (Wildman–Crippen MR) is 69.8 cm³/mol. The van der Waals surface area contributed by atoms with Gasteiger partial charge in [-0.05, 0) is 31.0 Å². The molecule has 1 aliphatic carbocycles. The third-order valence-corrected chi connectivity index (χ3v) is 5.06. The van der Waals surface area contributed by atoms with Gasteiger partial charge in [0.15, 0.2) is 0 Å². The molecule has 0 aliphatic heterocycles. The summed E-state index contributed by atoms with van der Waals surface area (Å²) < 4.78 is 27.2. The molecular formula is C13H16N2O3S. The zero-order valence-corrected chi connectivity index (χ0v) is 11.3. The number of sulfonamides is 1. The first kappa shape index (κ1) is 14.0. The predicted octanol–water partition coefficient (Wildman–Crippen LogP) is 1.14.